The van der Waals surface area contributed by atoms with Crippen molar-refractivity contribution in [2.24, 2.45) is 5.92 Å². The summed E-state index contributed by atoms with van der Waals surface area (Å²) in [7, 11) is 0. The molecule has 0 amide bonds. The average Bonchev–Trinajstić information content (AvgIpc) is 3.31. The first kappa shape index (κ1) is 20.5. The molecule has 0 saturated carbocycles. The van der Waals surface area contributed by atoms with Gasteiger partial charge in [-0.1, -0.05) is 0 Å². The van der Waals surface area contributed by atoms with Crippen LogP contribution in [0.1, 0.15) is 14.6 Å². The van der Waals surface area contributed by atoms with E-state index in [1.165, 1.54) is 14.6 Å². The maximum Gasteiger partial charge on any atom is 0.159 e. The summed E-state index contributed by atoms with van der Waals surface area (Å²) in [5.41, 5.74) is 3.56. The number of aromatic nitrogens is 3. The number of halogens is 3. The zero-order valence-electron chi connectivity index (χ0n) is 13.9. The average molecular weight is 615 g/mol. The van der Waals surface area contributed by atoms with E-state index in [1.54, 1.807) is 34.0 Å². The van der Waals surface area contributed by atoms with Crippen molar-refractivity contribution in [2.45, 2.75) is 19.5 Å². The molecule has 0 aliphatic carbocycles. The third-order valence-corrected chi connectivity index (χ3v) is 8.42. The molecular formula is C15H15Br3N6S3. The van der Waals surface area contributed by atoms with Crippen molar-refractivity contribution >= 4 is 81.8 Å². The molecule has 27 heavy (non-hydrogen) atoms. The Morgan fingerprint density at radius 3 is 1.67 bits per heavy atom. The molecule has 3 aromatic rings. The van der Waals surface area contributed by atoms with Crippen molar-refractivity contribution in [2.75, 3.05) is 13.1 Å². The van der Waals surface area contributed by atoms with Gasteiger partial charge in [0.1, 0.15) is 0 Å². The monoisotopic (exact) mass is 612 g/mol. The summed E-state index contributed by atoms with van der Waals surface area (Å²) in [6, 6.07) is 0. The van der Waals surface area contributed by atoms with Gasteiger partial charge in [0.2, 0.25) is 0 Å². The second kappa shape index (κ2) is 9.35. The number of hydrazine groups is 2. The normalized spacial score (nSPS) is 17.0. The molecule has 144 valence electrons. The van der Waals surface area contributed by atoms with E-state index in [0.717, 1.165) is 44.4 Å². The third-order valence-electron chi connectivity index (χ3n) is 4.00. The van der Waals surface area contributed by atoms with E-state index >= 15 is 0 Å². The van der Waals surface area contributed by atoms with E-state index in [4.69, 9.17) is 0 Å². The molecule has 0 spiro atoms. The number of hydrogen-bond donors (Lipinski definition) is 1. The molecule has 1 aliphatic heterocycles. The molecule has 0 unspecified atom stereocenters. The highest BCUT2D eigenvalue weighted by Gasteiger charge is 2.27. The van der Waals surface area contributed by atoms with Gasteiger partial charge in [0, 0.05) is 46.3 Å². The Hall–Kier alpha value is 0.210. The van der Waals surface area contributed by atoms with Crippen molar-refractivity contribution < 1.29 is 0 Å². The number of rotatable bonds is 6. The van der Waals surface area contributed by atoms with Crippen molar-refractivity contribution in [1.29, 1.82) is 0 Å². The predicted molar refractivity (Wildman–Crippen MR) is 121 cm³/mol. The molecule has 1 fully saturated rings. The minimum Gasteiger partial charge on any atom is -0.237 e. The molecule has 1 N–H and O–H groups in total. The number of hydrogen-bond acceptors (Lipinski definition) is 9. The van der Waals surface area contributed by atoms with Crippen molar-refractivity contribution in [3.8, 4) is 0 Å². The van der Waals surface area contributed by atoms with E-state index in [0.29, 0.717) is 5.92 Å². The summed E-state index contributed by atoms with van der Waals surface area (Å²) in [6.07, 6.45) is 6.87. The summed E-state index contributed by atoms with van der Waals surface area (Å²) in [4.78, 5) is 16.7. The van der Waals surface area contributed by atoms with Crippen molar-refractivity contribution in [3.63, 3.8) is 0 Å². The maximum atomic E-state index is 4.33. The molecular weight excluding hydrogens is 600 g/mol. The predicted octanol–water partition coefficient (Wildman–Crippen LogP) is 4.94. The maximum absolute atomic E-state index is 4.33. The van der Waals surface area contributed by atoms with Crippen LogP contribution in [-0.2, 0) is 19.5 Å². The fraction of sp³-hybridized carbons (Fsp3) is 0.400. The molecule has 6 nitrogen and oxygen atoms in total. The number of nitrogens with one attached hydrogen (secondary N) is 1. The first-order valence-electron chi connectivity index (χ1n) is 8.10. The fourth-order valence-corrected chi connectivity index (χ4v) is 7.26. The van der Waals surface area contributed by atoms with E-state index in [2.05, 4.69) is 78.3 Å². The van der Waals surface area contributed by atoms with Crippen LogP contribution in [0.25, 0.3) is 0 Å². The van der Waals surface area contributed by atoms with Gasteiger partial charge in [-0.15, -0.1) is 34.0 Å². The lowest BCUT2D eigenvalue weighted by atomic mass is 10.0. The largest absolute Gasteiger partial charge is 0.237 e. The Kier molecular flexibility index (Phi) is 7.09. The van der Waals surface area contributed by atoms with Crippen LogP contribution in [0.2, 0.25) is 0 Å². The highest BCUT2D eigenvalue weighted by Crippen LogP contribution is 2.26. The van der Waals surface area contributed by atoms with Gasteiger partial charge in [-0.3, -0.25) is 0 Å². The summed E-state index contributed by atoms with van der Waals surface area (Å²) in [6.45, 7) is 3.62. The van der Waals surface area contributed by atoms with Crippen LogP contribution in [0.15, 0.2) is 30.3 Å². The molecule has 3 aromatic heterocycles. The SMILES string of the molecule is Brc1ncc(CC2CN(Cc3cnc(Br)s3)NN(Cc3cnc(Br)s3)C2)s1. The molecule has 1 saturated heterocycles. The van der Waals surface area contributed by atoms with Gasteiger partial charge in [0.25, 0.3) is 0 Å². The van der Waals surface area contributed by atoms with Gasteiger partial charge in [0.05, 0.1) is 13.1 Å². The molecule has 0 atom stereocenters. The molecule has 0 aromatic carbocycles. The van der Waals surface area contributed by atoms with Crippen LogP contribution >= 0.6 is 81.8 Å². The Morgan fingerprint density at radius 1 is 0.815 bits per heavy atom. The quantitative estimate of drug-likeness (QED) is 0.425. The lowest BCUT2D eigenvalue weighted by Crippen LogP contribution is -2.58. The summed E-state index contributed by atoms with van der Waals surface area (Å²) >= 11 is 15.4. The lowest BCUT2D eigenvalue weighted by Gasteiger charge is -2.40. The minimum absolute atomic E-state index is 0.520. The van der Waals surface area contributed by atoms with E-state index in [9.17, 15) is 0 Å². The van der Waals surface area contributed by atoms with Gasteiger partial charge >= 0.3 is 0 Å². The Labute approximate surface area is 194 Å². The third kappa shape index (κ3) is 5.86. The van der Waals surface area contributed by atoms with Crippen LogP contribution in [-0.4, -0.2) is 38.1 Å². The smallest absolute Gasteiger partial charge is 0.159 e. The highest BCUT2D eigenvalue weighted by molar-refractivity contribution is 9.11. The van der Waals surface area contributed by atoms with Gasteiger partial charge < -0.3 is 0 Å². The summed E-state index contributed by atoms with van der Waals surface area (Å²) in [5, 5.41) is 4.56. The van der Waals surface area contributed by atoms with Gasteiger partial charge in [0.15, 0.2) is 11.8 Å². The molecule has 1 aliphatic rings. The van der Waals surface area contributed by atoms with Crippen LogP contribution in [0.3, 0.4) is 0 Å². The van der Waals surface area contributed by atoms with Crippen LogP contribution in [0.5, 0.6) is 0 Å². The summed E-state index contributed by atoms with van der Waals surface area (Å²) < 4.78 is 2.79. The fourth-order valence-electron chi connectivity index (χ4n) is 3.04. The minimum atomic E-state index is 0.520. The van der Waals surface area contributed by atoms with Crippen LogP contribution < -0.4 is 5.53 Å². The second-order valence-electron chi connectivity index (χ2n) is 6.17. The molecule has 12 heteroatoms. The van der Waals surface area contributed by atoms with Crippen LogP contribution in [0.4, 0.5) is 0 Å². The lowest BCUT2D eigenvalue weighted by molar-refractivity contribution is -0.0528. The number of nitrogens with zero attached hydrogens (tertiary/aromatic N) is 5. The molecule has 0 bridgehead atoms. The Bertz CT molecular complexity index is 776. The highest BCUT2D eigenvalue weighted by atomic mass is 79.9. The second-order valence-corrected chi connectivity index (χ2v) is 13.3. The van der Waals surface area contributed by atoms with E-state index in [1.807, 2.05) is 18.6 Å². The molecule has 0 radical (unpaired) electrons. The van der Waals surface area contributed by atoms with Gasteiger partial charge in [-0.2, -0.15) is 5.53 Å². The Balaban J connectivity index is 1.46. The van der Waals surface area contributed by atoms with Gasteiger partial charge in [-0.05, 0) is 60.1 Å². The topological polar surface area (TPSA) is 57.2 Å². The van der Waals surface area contributed by atoms with E-state index < -0.39 is 0 Å². The molecule has 4 rings (SSSR count). The summed E-state index contributed by atoms with van der Waals surface area (Å²) in [5.74, 6) is 0.520. The van der Waals surface area contributed by atoms with Crippen molar-refractivity contribution in [3.05, 3.63) is 45.0 Å². The number of thiazole rings is 3. The van der Waals surface area contributed by atoms with Crippen LogP contribution in [0, 0.1) is 5.92 Å². The van der Waals surface area contributed by atoms with Crippen molar-refractivity contribution in [1.82, 2.24) is 30.5 Å². The first-order valence-corrected chi connectivity index (χ1v) is 12.9. The molecule has 4 heterocycles. The zero-order valence-corrected chi connectivity index (χ0v) is 21.1. The van der Waals surface area contributed by atoms with Gasteiger partial charge in [-0.25, -0.2) is 25.0 Å². The standard InChI is InChI=1S/C15H15Br3N6S3/c16-13-19-2-10(25-13)1-9-5-23(7-11-3-20-14(17)26-11)22-24(6-9)8-12-4-21-15(18)27-12/h2-4,9,22H,1,5-8H2. The first-order chi connectivity index (χ1) is 13.0. The van der Waals surface area contributed by atoms with E-state index in [-0.39, 0.29) is 0 Å². The zero-order chi connectivity index (χ0) is 18.8. The Morgan fingerprint density at radius 2 is 1.26 bits per heavy atom.